The Labute approximate surface area is 135 Å². The van der Waals surface area contributed by atoms with Crippen molar-refractivity contribution in [2.75, 3.05) is 5.32 Å². The Hall–Kier alpha value is -2.47. The minimum Gasteiger partial charge on any atom is -0.321 e. The summed E-state index contributed by atoms with van der Waals surface area (Å²) >= 11 is 3.22. The highest BCUT2D eigenvalue weighted by Gasteiger charge is 2.12. The third-order valence-electron chi connectivity index (χ3n) is 2.99. The van der Waals surface area contributed by atoms with Gasteiger partial charge in [0.05, 0.1) is 15.1 Å². The minimum absolute atomic E-state index is 0.0657. The maximum Gasteiger partial charge on any atom is 0.271 e. The molecule has 0 heterocycles. The fourth-order valence-electron chi connectivity index (χ4n) is 1.80. The second-order valence-corrected chi connectivity index (χ2v) is 5.47. The molecular weight excluding hydrogens is 348 g/mol. The summed E-state index contributed by atoms with van der Waals surface area (Å²) in [6.07, 6.45) is 1.68. The molecule has 0 aliphatic heterocycles. The molecule has 2 aromatic carbocycles. The van der Waals surface area contributed by atoms with Crippen LogP contribution in [0, 0.1) is 17.0 Å². The molecule has 5 nitrogen and oxygen atoms in total. The van der Waals surface area contributed by atoms with Gasteiger partial charge < -0.3 is 5.32 Å². The van der Waals surface area contributed by atoms with Crippen LogP contribution in [0.4, 0.5) is 11.4 Å². The molecule has 0 spiro atoms. The molecule has 0 bridgehead atoms. The SMILES string of the molecule is Cc1ccc([N+](=O)[O-])cc1NC(=O)C(Br)=Cc1ccccc1. The largest absolute Gasteiger partial charge is 0.321 e. The van der Waals surface area contributed by atoms with Crippen LogP contribution in [0.15, 0.2) is 53.0 Å². The van der Waals surface area contributed by atoms with Crippen molar-refractivity contribution in [1.29, 1.82) is 0 Å². The Morgan fingerprint density at radius 2 is 1.91 bits per heavy atom. The molecule has 1 N–H and O–H groups in total. The first-order valence-electron chi connectivity index (χ1n) is 6.46. The summed E-state index contributed by atoms with van der Waals surface area (Å²) in [6, 6.07) is 13.7. The van der Waals surface area contributed by atoms with Gasteiger partial charge in [0.15, 0.2) is 0 Å². The summed E-state index contributed by atoms with van der Waals surface area (Å²) in [5.74, 6) is -0.368. The van der Waals surface area contributed by atoms with Crippen molar-refractivity contribution < 1.29 is 9.72 Å². The maximum absolute atomic E-state index is 12.2. The number of aryl methyl sites for hydroxylation is 1. The van der Waals surface area contributed by atoms with Crippen molar-refractivity contribution in [3.05, 3.63) is 74.3 Å². The lowest BCUT2D eigenvalue weighted by Crippen LogP contribution is -2.12. The summed E-state index contributed by atoms with van der Waals surface area (Å²) in [5.41, 5.74) is 1.97. The average Bonchev–Trinajstić information content (AvgIpc) is 2.50. The molecule has 0 aromatic heterocycles. The highest BCUT2D eigenvalue weighted by atomic mass is 79.9. The Morgan fingerprint density at radius 1 is 1.23 bits per heavy atom. The van der Waals surface area contributed by atoms with E-state index < -0.39 is 4.92 Å². The van der Waals surface area contributed by atoms with Crippen LogP contribution >= 0.6 is 15.9 Å². The Morgan fingerprint density at radius 3 is 2.55 bits per heavy atom. The van der Waals surface area contributed by atoms with Gasteiger partial charge in [-0.25, -0.2) is 0 Å². The van der Waals surface area contributed by atoms with Crippen molar-refractivity contribution in [1.82, 2.24) is 0 Å². The predicted octanol–water partition coefficient (Wildman–Crippen LogP) is 4.28. The highest BCUT2D eigenvalue weighted by molar-refractivity contribution is 9.12. The van der Waals surface area contributed by atoms with Crippen molar-refractivity contribution in [3.8, 4) is 0 Å². The zero-order valence-electron chi connectivity index (χ0n) is 11.7. The van der Waals surface area contributed by atoms with Crippen LogP contribution < -0.4 is 5.32 Å². The number of rotatable bonds is 4. The van der Waals surface area contributed by atoms with Gasteiger partial charge in [-0.1, -0.05) is 36.4 Å². The van der Waals surface area contributed by atoms with Crippen molar-refractivity contribution in [2.24, 2.45) is 0 Å². The number of hydrogen-bond donors (Lipinski definition) is 1. The van der Waals surface area contributed by atoms with E-state index in [1.807, 2.05) is 30.3 Å². The predicted molar refractivity (Wildman–Crippen MR) is 89.8 cm³/mol. The van der Waals surface area contributed by atoms with Gasteiger partial charge in [0.2, 0.25) is 0 Å². The third kappa shape index (κ3) is 4.02. The molecule has 1 amide bonds. The lowest BCUT2D eigenvalue weighted by molar-refractivity contribution is -0.384. The number of hydrogen-bond acceptors (Lipinski definition) is 3. The summed E-state index contributed by atoms with van der Waals surface area (Å²) in [7, 11) is 0. The molecule has 0 saturated carbocycles. The summed E-state index contributed by atoms with van der Waals surface area (Å²) in [6.45, 7) is 1.77. The van der Waals surface area contributed by atoms with Gasteiger partial charge in [-0.15, -0.1) is 0 Å². The Kier molecular flexibility index (Phi) is 5.06. The number of nitrogens with zero attached hydrogens (tertiary/aromatic N) is 1. The number of nitro groups is 1. The highest BCUT2D eigenvalue weighted by Crippen LogP contribution is 2.23. The lowest BCUT2D eigenvalue weighted by Gasteiger charge is -2.08. The van der Waals surface area contributed by atoms with Gasteiger partial charge in [0.1, 0.15) is 0 Å². The molecule has 2 aromatic rings. The molecule has 0 radical (unpaired) electrons. The first-order chi connectivity index (χ1) is 10.5. The van der Waals surface area contributed by atoms with E-state index in [1.54, 1.807) is 19.1 Å². The average molecular weight is 361 g/mol. The Balaban J connectivity index is 2.20. The number of amides is 1. The van der Waals surface area contributed by atoms with Gasteiger partial charge in [-0.3, -0.25) is 14.9 Å². The number of carbonyl (C=O) groups excluding carboxylic acids is 1. The molecular formula is C16H13BrN2O3. The fraction of sp³-hybridized carbons (Fsp3) is 0.0625. The number of benzene rings is 2. The second kappa shape index (κ2) is 7.00. The van der Waals surface area contributed by atoms with Gasteiger partial charge in [-0.2, -0.15) is 0 Å². The molecule has 0 aliphatic carbocycles. The van der Waals surface area contributed by atoms with Crippen LogP contribution in [0.2, 0.25) is 0 Å². The number of anilines is 1. The van der Waals surface area contributed by atoms with E-state index in [0.29, 0.717) is 10.2 Å². The first kappa shape index (κ1) is 15.9. The smallest absolute Gasteiger partial charge is 0.271 e. The lowest BCUT2D eigenvalue weighted by atomic mass is 10.1. The zero-order chi connectivity index (χ0) is 16.1. The molecule has 22 heavy (non-hydrogen) atoms. The van der Waals surface area contributed by atoms with Crippen LogP contribution in [-0.2, 0) is 4.79 Å². The molecule has 6 heteroatoms. The number of non-ortho nitro benzene ring substituents is 1. The Bertz CT molecular complexity index is 742. The second-order valence-electron chi connectivity index (χ2n) is 4.61. The van der Waals surface area contributed by atoms with Gasteiger partial charge >= 0.3 is 0 Å². The van der Waals surface area contributed by atoms with Crippen LogP contribution in [0.3, 0.4) is 0 Å². The minimum atomic E-state index is -0.496. The molecule has 112 valence electrons. The maximum atomic E-state index is 12.2. The van der Waals surface area contributed by atoms with E-state index >= 15 is 0 Å². The summed E-state index contributed by atoms with van der Waals surface area (Å²) in [4.78, 5) is 22.5. The van der Waals surface area contributed by atoms with E-state index in [9.17, 15) is 14.9 Å². The van der Waals surface area contributed by atoms with Gasteiger partial charge in [0, 0.05) is 12.1 Å². The normalized spacial score (nSPS) is 11.1. The number of nitro benzene ring substituents is 1. The van der Waals surface area contributed by atoms with Crippen molar-refractivity contribution in [2.45, 2.75) is 6.92 Å². The number of nitrogens with one attached hydrogen (secondary N) is 1. The van der Waals surface area contributed by atoms with Crippen molar-refractivity contribution >= 4 is 39.3 Å². The first-order valence-corrected chi connectivity index (χ1v) is 7.25. The molecule has 0 aliphatic rings. The molecule has 0 saturated heterocycles. The van der Waals surface area contributed by atoms with Gasteiger partial charge in [-0.05, 0) is 40.1 Å². The van der Waals surface area contributed by atoms with E-state index in [4.69, 9.17) is 0 Å². The topological polar surface area (TPSA) is 72.2 Å². The summed E-state index contributed by atoms with van der Waals surface area (Å²) < 4.78 is 0.338. The van der Waals surface area contributed by atoms with Crippen LogP contribution in [0.1, 0.15) is 11.1 Å². The number of carbonyl (C=O) groups is 1. The fourth-order valence-corrected chi connectivity index (χ4v) is 2.16. The van der Waals surface area contributed by atoms with E-state index in [-0.39, 0.29) is 11.6 Å². The quantitative estimate of drug-likeness (QED) is 0.502. The van der Waals surface area contributed by atoms with E-state index in [1.165, 1.54) is 12.1 Å². The third-order valence-corrected chi connectivity index (χ3v) is 3.58. The monoisotopic (exact) mass is 360 g/mol. The van der Waals surface area contributed by atoms with Crippen molar-refractivity contribution in [3.63, 3.8) is 0 Å². The molecule has 2 rings (SSSR count). The number of halogens is 1. The molecule has 0 atom stereocenters. The van der Waals surface area contributed by atoms with Crippen LogP contribution in [0.25, 0.3) is 6.08 Å². The van der Waals surface area contributed by atoms with E-state index in [0.717, 1.165) is 11.1 Å². The molecule has 0 fully saturated rings. The summed E-state index contributed by atoms with van der Waals surface area (Å²) in [5, 5.41) is 13.5. The van der Waals surface area contributed by atoms with Crippen LogP contribution in [0.5, 0.6) is 0 Å². The standard InChI is InChI=1S/C16H13BrN2O3/c1-11-7-8-13(19(21)22)10-15(11)18-16(20)14(17)9-12-5-3-2-4-6-12/h2-10H,1H3,(H,18,20). The van der Waals surface area contributed by atoms with E-state index in [2.05, 4.69) is 21.2 Å². The molecule has 0 unspecified atom stereocenters. The van der Waals surface area contributed by atoms with Gasteiger partial charge in [0.25, 0.3) is 11.6 Å². The van der Waals surface area contributed by atoms with Crippen LogP contribution in [-0.4, -0.2) is 10.8 Å². The zero-order valence-corrected chi connectivity index (χ0v) is 13.3.